The van der Waals surface area contributed by atoms with Gasteiger partial charge in [0, 0.05) is 23.4 Å². The van der Waals surface area contributed by atoms with Gasteiger partial charge in [-0.2, -0.15) is 0 Å². The van der Waals surface area contributed by atoms with Crippen LogP contribution in [0.1, 0.15) is 11.1 Å². The van der Waals surface area contributed by atoms with Gasteiger partial charge in [0.05, 0.1) is 6.42 Å². The topological polar surface area (TPSA) is 42.0 Å². The second-order valence-electron chi connectivity index (χ2n) is 3.94. The summed E-state index contributed by atoms with van der Waals surface area (Å²) in [5, 5.41) is 2.87. The molecule has 92 valence electrons. The lowest BCUT2D eigenvalue weighted by atomic mass is 10.1. The number of amides is 1. The number of carbonyl (C=O) groups excluding carboxylic acids is 1. The first kappa shape index (κ1) is 12.8. The fourth-order valence-corrected chi connectivity index (χ4v) is 2.04. The van der Waals surface area contributed by atoms with E-state index in [-0.39, 0.29) is 5.91 Å². The van der Waals surface area contributed by atoms with Crippen LogP contribution in [-0.2, 0) is 17.8 Å². The molecule has 1 heterocycles. The molecule has 3 nitrogen and oxygen atoms in total. The summed E-state index contributed by atoms with van der Waals surface area (Å²) in [5.41, 5.74) is 1.99. The van der Waals surface area contributed by atoms with Crippen molar-refractivity contribution in [1.82, 2.24) is 10.3 Å². The molecule has 18 heavy (non-hydrogen) atoms. The molecule has 1 aromatic carbocycles. The number of carbonyl (C=O) groups is 1. The van der Waals surface area contributed by atoms with Crippen LogP contribution in [0.4, 0.5) is 0 Å². The molecule has 0 bridgehead atoms. The average molecular weight is 305 g/mol. The van der Waals surface area contributed by atoms with Crippen molar-refractivity contribution in [2.75, 3.05) is 0 Å². The van der Waals surface area contributed by atoms with Gasteiger partial charge in [0.15, 0.2) is 0 Å². The van der Waals surface area contributed by atoms with Crippen molar-refractivity contribution in [2.24, 2.45) is 0 Å². The Bertz CT molecular complexity index is 528. The molecule has 2 aromatic rings. The van der Waals surface area contributed by atoms with E-state index in [1.807, 2.05) is 36.4 Å². The largest absolute Gasteiger partial charge is 0.352 e. The molecule has 0 fully saturated rings. The molecule has 0 atom stereocenters. The van der Waals surface area contributed by atoms with Gasteiger partial charge in [-0.15, -0.1) is 0 Å². The lowest BCUT2D eigenvalue weighted by molar-refractivity contribution is -0.120. The monoisotopic (exact) mass is 304 g/mol. The minimum atomic E-state index is 0.0111. The minimum Gasteiger partial charge on any atom is -0.352 e. The summed E-state index contributed by atoms with van der Waals surface area (Å²) in [5.74, 6) is 0.0111. The second kappa shape index (κ2) is 6.31. The van der Waals surface area contributed by atoms with Gasteiger partial charge in [-0.1, -0.05) is 34.1 Å². The summed E-state index contributed by atoms with van der Waals surface area (Å²) < 4.78 is 0.986. The number of hydrogen-bond acceptors (Lipinski definition) is 2. The van der Waals surface area contributed by atoms with E-state index >= 15 is 0 Å². The van der Waals surface area contributed by atoms with Gasteiger partial charge in [0.25, 0.3) is 0 Å². The number of halogens is 1. The fourth-order valence-electron chi connectivity index (χ4n) is 1.60. The van der Waals surface area contributed by atoms with E-state index in [9.17, 15) is 4.79 Å². The predicted octanol–water partition coefficient (Wildman–Crippen LogP) is 2.70. The van der Waals surface area contributed by atoms with Crippen LogP contribution in [0, 0.1) is 0 Å². The number of hydrogen-bond donors (Lipinski definition) is 1. The van der Waals surface area contributed by atoms with Crippen molar-refractivity contribution in [3.8, 4) is 0 Å². The summed E-state index contributed by atoms with van der Waals surface area (Å²) in [4.78, 5) is 15.8. The Morgan fingerprint density at radius 1 is 1.22 bits per heavy atom. The highest BCUT2D eigenvalue weighted by molar-refractivity contribution is 9.10. The molecule has 0 saturated heterocycles. The molecule has 1 N–H and O–H groups in total. The molecule has 0 aliphatic carbocycles. The van der Waals surface area contributed by atoms with Gasteiger partial charge in [0.1, 0.15) is 0 Å². The van der Waals surface area contributed by atoms with E-state index in [0.29, 0.717) is 13.0 Å². The highest BCUT2D eigenvalue weighted by Crippen LogP contribution is 2.11. The highest BCUT2D eigenvalue weighted by atomic mass is 79.9. The Hall–Kier alpha value is -1.68. The third kappa shape index (κ3) is 3.96. The lowest BCUT2D eigenvalue weighted by Crippen LogP contribution is -2.24. The molecular formula is C14H13BrN2O. The quantitative estimate of drug-likeness (QED) is 0.943. The van der Waals surface area contributed by atoms with Crippen LogP contribution in [0.3, 0.4) is 0 Å². The number of benzene rings is 1. The molecule has 0 aliphatic rings. The molecule has 0 aliphatic heterocycles. The Morgan fingerprint density at radius 2 is 2.06 bits per heavy atom. The van der Waals surface area contributed by atoms with Gasteiger partial charge in [0.2, 0.25) is 5.91 Å². The third-order valence-corrected chi connectivity index (χ3v) is 2.96. The zero-order valence-corrected chi connectivity index (χ0v) is 11.4. The van der Waals surface area contributed by atoms with Crippen molar-refractivity contribution in [2.45, 2.75) is 13.0 Å². The number of pyridine rings is 1. The smallest absolute Gasteiger partial charge is 0.224 e. The maximum Gasteiger partial charge on any atom is 0.224 e. The number of nitrogens with one attached hydrogen (secondary N) is 1. The molecule has 0 unspecified atom stereocenters. The molecule has 0 spiro atoms. The van der Waals surface area contributed by atoms with Crippen LogP contribution < -0.4 is 5.32 Å². The van der Waals surface area contributed by atoms with Crippen molar-refractivity contribution in [3.63, 3.8) is 0 Å². The van der Waals surface area contributed by atoms with Crippen molar-refractivity contribution in [1.29, 1.82) is 0 Å². The van der Waals surface area contributed by atoms with Crippen LogP contribution >= 0.6 is 15.9 Å². The zero-order chi connectivity index (χ0) is 12.8. The van der Waals surface area contributed by atoms with Crippen LogP contribution in [-0.4, -0.2) is 10.9 Å². The number of rotatable bonds is 4. The fraction of sp³-hybridized carbons (Fsp3) is 0.143. The maximum atomic E-state index is 11.8. The van der Waals surface area contributed by atoms with Crippen molar-refractivity contribution in [3.05, 3.63) is 64.4 Å². The first-order valence-electron chi connectivity index (χ1n) is 5.64. The van der Waals surface area contributed by atoms with E-state index < -0.39 is 0 Å². The van der Waals surface area contributed by atoms with E-state index in [1.54, 1.807) is 12.4 Å². The summed E-state index contributed by atoms with van der Waals surface area (Å²) >= 11 is 3.39. The Balaban J connectivity index is 1.86. The van der Waals surface area contributed by atoms with Crippen molar-refractivity contribution < 1.29 is 4.79 Å². The standard InChI is InChI=1S/C14H13BrN2O/c15-13-5-1-3-11(7-13)8-14(18)17-10-12-4-2-6-16-9-12/h1-7,9H,8,10H2,(H,17,18). The van der Waals surface area contributed by atoms with Gasteiger partial charge >= 0.3 is 0 Å². The molecule has 1 amide bonds. The molecular weight excluding hydrogens is 292 g/mol. The average Bonchev–Trinajstić information content (AvgIpc) is 2.38. The first-order chi connectivity index (χ1) is 8.74. The Labute approximate surface area is 114 Å². The summed E-state index contributed by atoms with van der Waals surface area (Å²) in [6.45, 7) is 0.515. The van der Waals surface area contributed by atoms with Crippen LogP contribution in [0.5, 0.6) is 0 Å². The number of nitrogens with zero attached hydrogens (tertiary/aromatic N) is 1. The Kier molecular flexibility index (Phi) is 4.47. The SMILES string of the molecule is O=C(Cc1cccc(Br)c1)NCc1cccnc1. The summed E-state index contributed by atoms with van der Waals surface area (Å²) in [6, 6.07) is 11.5. The van der Waals surface area contributed by atoms with Crippen LogP contribution in [0.15, 0.2) is 53.3 Å². The molecule has 0 saturated carbocycles. The maximum absolute atomic E-state index is 11.8. The predicted molar refractivity (Wildman–Crippen MR) is 73.9 cm³/mol. The van der Waals surface area contributed by atoms with E-state index in [4.69, 9.17) is 0 Å². The van der Waals surface area contributed by atoms with Gasteiger partial charge < -0.3 is 5.32 Å². The normalized spacial score (nSPS) is 10.1. The van der Waals surface area contributed by atoms with Crippen molar-refractivity contribution >= 4 is 21.8 Å². The van der Waals surface area contributed by atoms with Gasteiger partial charge in [-0.25, -0.2) is 0 Å². The summed E-state index contributed by atoms with van der Waals surface area (Å²) in [7, 11) is 0. The minimum absolute atomic E-state index is 0.0111. The number of aromatic nitrogens is 1. The van der Waals surface area contributed by atoms with E-state index in [1.165, 1.54) is 0 Å². The molecule has 4 heteroatoms. The summed E-state index contributed by atoms with van der Waals surface area (Å²) in [6.07, 6.45) is 3.85. The van der Waals surface area contributed by atoms with Gasteiger partial charge in [-0.3, -0.25) is 9.78 Å². The van der Waals surface area contributed by atoms with E-state index in [0.717, 1.165) is 15.6 Å². The first-order valence-corrected chi connectivity index (χ1v) is 6.43. The Morgan fingerprint density at radius 3 is 2.78 bits per heavy atom. The highest BCUT2D eigenvalue weighted by Gasteiger charge is 2.03. The lowest BCUT2D eigenvalue weighted by Gasteiger charge is -2.05. The van der Waals surface area contributed by atoms with Gasteiger partial charge in [-0.05, 0) is 29.3 Å². The molecule has 1 aromatic heterocycles. The third-order valence-electron chi connectivity index (χ3n) is 2.47. The second-order valence-corrected chi connectivity index (χ2v) is 4.86. The molecule has 2 rings (SSSR count). The molecule has 0 radical (unpaired) electrons. The van der Waals surface area contributed by atoms with Crippen LogP contribution in [0.25, 0.3) is 0 Å². The van der Waals surface area contributed by atoms with E-state index in [2.05, 4.69) is 26.2 Å². The van der Waals surface area contributed by atoms with Crippen LogP contribution in [0.2, 0.25) is 0 Å². The zero-order valence-electron chi connectivity index (χ0n) is 9.77.